The summed E-state index contributed by atoms with van der Waals surface area (Å²) in [6.45, 7) is 2.62. The Hall–Kier alpha value is -4.29. The minimum absolute atomic E-state index is 0.0177. The molecule has 1 atom stereocenters. The molecule has 0 saturated carbocycles. The van der Waals surface area contributed by atoms with Gasteiger partial charge >= 0.3 is 12.1 Å². The van der Waals surface area contributed by atoms with E-state index in [-0.39, 0.29) is 28.1 Å². The summed E-state index contributed by atoms with van der Waals surface area (Å²) in [6, 6.07) is 6.02. The summed E-state index contributed by atoms with van der Waals surface area (Å²) in [4.78, 5) is 42.0. The third-order valence-electron chi connectivity index (χ3n) is 7.79. The van der Waals surface area contributed by atoms with Gasteiger partial charge in [-0.3, -0.25) is 19.8 Å². The van der Waals surface area contributed by atoms with Crippen LogP contribution in [0, 0.1) is 23.2 Å². The molecule has 0 bridgehead atoms. The number of carbonyl (C=O) groups is 2. The predicted octanol–water partition coefficient (Wildman–Crippen LogP) is 4.92. The lowest BCUT2D eigenvalue weighted by atomic mass is 9.97. The summed E-state index contributed by atoms with van der Waals surface area (Å²) in [5, 5.41) is 21.5. The van der Waals surface area contributed by atoms with Crippen molar-refractivity contribution < 1.29 is 32.6 Å². The lowest BCUT2D eigenvalue weighted by Crippen LogP contribution is -2.36. The average Bonchev–Trinajstić information content (AvgIpc) is 3.42. The Bertz CT molecular complexity index is 1550. The number of aliphatic carboxylic acids is 1. The van der Waals surface area contributed by atoms with E-state index in [0.29, 0.717) is 55.4 Å². The summed E-state index contributed by atoms with van der Waals surface area (Å²) in [6.07, 6.45) is 0.701. The molecule has 2 aliphatic rings. The van der Waals surface area contributed by atoms with Gasteiger partial charge in [-0.1, -0.05) is 11.3 Å². The zero-order valence-corrected chi connectivity index (χ0v) is 24.6. The maximum atomic E-state index is 13.8. The van der Waals surface area contributed by atoms with Crippen LogP contribution in [0.5, 0.6) is 5.75 Å². The number of carboxylic acids is 1. The fraction of sp³-hybridized carbons (Fsp3) is 0.448. The van der Waals surface area contributed by atoms with Gasteiger partial charge in [0.15, 0.2) is 5.13 Å². The zero-order valence-electron chi connectivity index (χ0n) is 23.8. The number of carbonyl (C=O) groups excluding carboxylic acids is 1. The summed E-state index contributed by atoms with van der Waals surface area (Å²) < 4.78 is 46.4. The normalized spacial score (nSPS) is 18.1. The second-order valence-corrected chi connectivity index (χ2v) is 11.8. The van der Waals surface area contributed by atoms with Gasteiger partial charge in [0.2, 0.25) is 0 Å². The van der Waals surface area contributed by atoms with E-state index in [0.717, 1.165) is 36.8 Å². The number of anilines is 2. The molecular formula is C29H30F3N7O4S. The van der Waals surface area contributed by atoms with Gasteiger partial charge in [0.25, 0.3) is 5.91 Å². The van der Waals surface area contributed by atoms with Gasteiger partial charge in [0.1, 0.15) is 17.3 Å². The number of nitrogens with one attached hydrogen (secondary N) is 1. The highest BCUT2D eigenvalue weighted by Crippen LogP contribution is 2.41. The van der Waals surface area contributed by atoms with Crippen LogP contribution in [-0.4, -0.2) is 70.1 Å². The molecule has 2 N–H and O–H groups in total. The van der Waals surface area contributed by atoms with Crippen LogP contribution in [0.2, 0.25) is 0 Å². The molecule has 1 aromatic carbocycles. The number of thiazole rings is 1. The minimum Gasteiger partial charge on any atom is -0.496 e. The van der Waals surface area contributed by atoms with Gasteiger partial charge in [0, 0.05) is 36.6 Å². The number of rotatable bonds is 8. The molecule has 1 unspecified atom stereocenters. The first-order valence-corrected chi connectivity index (χ1v) is 14.9. The largest absolute Gasteiger partial charge is 0.496 e. The Labute approximate surface area is 255 Å². The molecule has 2 aromatic heterocycles. The SMILES string of the molecule is COc1ccc(-c2nc(NC(=O)c3cnc(N4CCC(C(=O)O)CC4)cn3)sc2CN2CCCC(C#N)C2)cc1C(F)(F)F. The van der Waals surface area contributed by atoms with Gasteiger partial charge in [-0.05, 0) is 50.4 Å². The third-order valence-corrected chi connectivity index (χ3v) is 8.75. The number of amides is 1. The van der Waals surface area contributed by atoms with E-state index < -0.39 is 29.5 Å². The van der Waals surface area contributed by atoms with Crippen molar-refractivity contribution in [3.63, 3.8) is 0 Å². The molecule has 1 amide bonds. The van der Waals surface area contributed by atoms with Crippen LogP contribution in [0.15, 0.2) is 30.6 Å². The van der Waals surface area contributed by atoms with Crippen LogP contribution < -0.4 is 15.0 Å². The number of nitrogens with zero attached hydrogens (tertiary/aromatic N) is 6. The van der Waals surface area contributed by atoms with Crippen LogP contribution in [0.25, 0.3) is 11.3 Å². The minimum atomic E-state index is -4.65. The molecule has 2 aliphatic heterocycles. The number of carboxylic acid groups (broad SMARTS) is 1. The van der Waals surface area contributed by atoms with E-state index in [9.17, 15) is 33.1 Å². The molecule has 232 valence electrons. The van der Waals surface area contributed by atoms with E-state index in [4.69, 9.17) is 4.74 Å². The van der Waals surface area contributed by atoms with Crippen molar-refractivity contribution in [1.29, 1.82) is 5.26 Å². The van der Waals surface area contributed by atoms with Gasteiger partial charge in [-0.15, -0.1) is 0 Å². The van der Waals surface area contributed by atoms with Crippen molar-refractivity contribution in [3.05, 3.63) is 46.7 Å². The molecule has 15 heteroatoms. The van der Waals surface area contributed by atoms with Crippen molar-refractivity contribution in [3.8, 4) is 23.1 Å². The lowest BCUT2D eigenvalue weighted by molar-refractivity contribution is -0.142. The summed E-state index contributed by atoms with van der Waals surface area (Å²) >= 11 is 1.15. The van der Waals surface area contributed by atoms with Crippen molar-refractivity contribution in [2.24, 2.45) is 11.8 Å². The molecule has 5 rings (SSSR count). The highest BCUT2D eigenvalue weighted by atomic mass is 32.1. The standard InChI is InChI=1S/C29H30F3N7O4S/c1-43-22-5-4-19(11-20(22)29(30,31)32)25-23(16-38-8-2-3-17(12-33)15-38)44-28(36-25)37-26(40)21-13-35-24(14-34-21)39-9-6-18(7-10-39)27(41)42/h4-5,11,13-14,17-18H,2-3,6-10,15-16H2,1H3,(H,41,42)(H,36,37,40). The Kier molecular flexibility index (Phi) is 9.31. The van der Waals surface area contributed by atoms with Crippen LogP contribution in [0.4, 0.5) is 24.1 Å². The van der Waals surface area contributed by atoms with Crippen molar-refractivity contribution >= 4 is 34.2 Å². The number of methoxy groups -OCH3 is 1. The first kappa shape index (κ1) is 31.1. The lowest BCUT2D eigenvalue weighted by Gasteiger charge is -2.30. The van der Waals surface area contributed by atoms with E-state index in [1.165, 1.54) is 31.6 Å². The molecule has 2 fully saturated rings. The van der Waals surface area contributed by atoms with E-state index >= 15 is 0 Å². The second-order valence-electron chi connectivity index (χ2n) is 10.7. The average molecular weight is 630 g/mol. The van der Waals surface area contributed by atoms with Crippen LogP contribution >= 0.6 is 11.3 Å². The number of hydrogen-bond donors (Lipinski definition) is 2. The Morgan fingerprint density at radius 2 is 1.95 bits per heavy atom. The Morgan fingerprint density at radius 1 is 1.18 bits per heavy atom. The van der Waals surface area contributed by atoms with E-state index in [1.807, 2.05) is 4.90 Å². The Balaban J connectivity index is 1.37. The van der Waals surface area contributed by atoms with Crippen molar-refractivity contribution in [1.82, 2.24) is 19.9 Å². The number of hydrogen-bond acceptors (Lipinski definition) is 10. The number of aromatic nitrogens is 3. The van der Waals surface area contributed by atoms with E-state index in [1.54, 1.807) is 0 Å². The number of nitriles is 1. The zero-order chi connectivity index (χ0) is 31.4. The highest BCUT2D eigenvalue weighted by molar-refractivity contribution is 7.16. The topological polar surface area (TPSA) is 145 Å². The van der Waals surface area contributed by atoms with Gasteiger partial charge < -0.3 is 14.7 Å². The number of ether oxygens (including phenoxy) is 1. The number of benzene rings is 1. The predicted molar refractivity (Wildman–Crippen MR) is 155 cm³/mol. The number of piperidine rings is 2. The molecular weight excluding hydrogens is 599 g/mol. The van der Waals surface area contributed by atoms with Crippen LogP contribution in [-0.2, 0) is 17.5 Å². The number of alkyl halides is 3. The first-order valence-electron chi connectivity index (χ1n) is 14.0. The molecule has 2 saturated heterocycles. The molecule has 0 aliphatic carbocycles. The van der Waals surface area contributed by atoms with Crippen LogP contribution in [0.1, 0.15) is 46.6 Å². The van der Waals surface area contributed by atoms with Crippen LogP contribution in [0.3, 0.4) is 0 Å². The summed E-state index contributed by atoms with van der Waals surface area (Å²) in [5.74, 6) is -1.71. The summed E-state index contributed by atoms with van der Waals surface area (Å²) in [5.41, 5.74) is -0.408. The maximum absolute atomic E-state index is 13.8. The highest BCUT2D eigenvalue weighted by Gasteiger charge is 2.35. The Morgan fingerprint density at radius 3 is 2.59 bits per heavy atom. The van der Waals surface area contributed by atoms with Crippen molar-refractivity contribution in [2.45, 2.75) is 38.4 Å². The third kappa shape index (κ3) is 7.08. The van der Waals surface area contributed by atoms with Gasteiger partial charge in [0.05, 0.1) is 48.7 Å². The second kappa shape index (κ2) is 13.1. The fourth-order valence-corrected chi connectivity index (χ4v) is 6.46. The molecule has 0 radical (unpaired) electrons. The maximum Gasteiger partial charge on any atom is 0.419 e. The number of halogens is 3. The molecule has 4 heterocycles. The van der Waals surface area contributed by atoms with E-state index in [2.05, 4.69) is 31.2 Å². The molecule has 44 heavy (non-hydrogen) atoms. The molecule has 0 spiro atoms. The monoisotopic (exact) mass is 629 g/mol. The first-order chi connectivity index (χ1) is 21.0. The molecule has 11 nitrogen and oxygen atoms in total. The number of likely N-dealkylation sites (tertiary alicyclic amines) is 1. The van der Waals surface area contributed by atoms with Gasteiger partial charge in [-0.2, -0.15) is 18.4 Å². The fourth-order valence-electron chi connectivity index (χ4n) is 5.44. The van der Waals surface area contributed by atoms with Gasteiger partial charge in [-0.25, -0.2) is 15.0 Å². The summed E-state index contributed by atoms with van der Waals surface area (Å²) in [7, 11) is 1.17. The smallest absolute Gasteiger partial charge is 0.419 e. The van der Waals surface area contributed by atoms with Crippen molar-refractivity contribution in [2.75, 3.05) is 43.5 Å². The molecule has 3 aromatic rings. The quantitative estimate of drug-likeness (QED) is 0.352.